The van der Waals surface area contributed by atoms with Crippen molar-refractivity contribution in [3.8, 4) is 11.5 Å². The van der Waals surface area contributed by atoms with Gasteiger partial charge >= 0.3 is 0 Å². The molecule has 0 saturated carbocycles. The Morgan fingerprint density at radius 2 is 1.38 bits per heavy atom. The summed E-state index contributed by atoms with van der Waals surface area (Å²) in [6.07, 6.45) is 0.163. The molecular weight excluding hydrogens is 717 g/mol. The van der Waals surface area contributed by atoms with Crippen LogP contribution in [0.3, 0.4) is 0 Å². The number of hydrogen-bond donors (Lipinski definition) is 1. The van der Waals surface area contributed by atoms with Crippen molar-refractivity contribution < 1.29 is 22.7 Å². The second-order valence-corrected chi connectivity index (χ2v) is 16.1. The van der Waals surface area contributed by atoms with Crippen molar-refractivity contribution in [3.05, 3.63) is 154 Å². The second-order valence-electron chi connectivity index (χ2n) is 13.4. The highest BCUT2D eigenvalue weighted by atomic mass is 35.5. The molecule has 0 heterocycles. The summed E-state index contributed by atoms with van der Waals surface area (Å²) < 4.78 is 35.8. The van der Waals surface area contributed by atoms with E-state index in [0.717, 1.165) is 15.4 Å². The lowest BCUT2D eigenvalue weighted by Crippen LogP contribution is -2.56. The van der Waals surface area contributed by atoms with E-state index in [0.29, 0.717) is 27.1 Å². The molecule has 1 N–H and O–H groups in total. The molecule has 8 nitrogen and oxygen atoms in total. The van der Waals surface area contributed by atoms with Crippen molar-refractivity contribution in [2.24, 2.45) is 0 Å². The van der Waals surface area contributed by atoms with E-state index in [4.69, 9.17) is 27.9 Å². The van der Waals surface area contributed by atoms with E-state index in [-0.39, 0.29) is 23.5 Å². The van der Waals surface area contributed by atoms with Crippen molar-refractivity contribution in [2.75, 3.05) is 10.8 Å². The molecule has 1 atom stereocenters. The zero-order chi connectivity index (χ0) is 37.5. The summed E-state index contributed by atoms with van der Waals surface area (Å²) in [5, 5.41) is 3.74. The molecule has 0 saturated heterocycles. The number of halogens is 2. The van der Waals surface area contributed by atoms with Crippen molar-refractivity contribution in [2.45, 2.75) is 57.1 Å². The number of nitrogens with zero attached hydrogens (tertiary/aromatic N) is 2. The van der Waals surface area contributed by atoms with E-state index < -0.39 is 40.0 Å². The van der Waals surface area contributed by atoms with Gasteiger partial charge in [0.2, 0.25) is 11.8 Å². The minimum Gasteiger partial charge on any atom is -0.457 e. The Morgan fingerprint density at radius 1 is 0.788 bits per heavy atom. The average molecular weight is 759 g/mol. The molecule has 0 aliphatic heterocycles. The highest BCUT2D eigenvalue weighted by Crippen LogP contribution is 2.30. The van der Waals surface area contributed by atoms with Crippen LogP contribution in [0.1, 0.15) is 37.5 Å². The van der Waals surface area contributed by atoms with E-state index >= 15 is 0 Å². The number of carbonyl (C=O) groups is 2. The number of aryl methyl sites for hydroxylation is 1. The average Bonchev–Trinajstić information content (AvgIpc) is 3.10. The van der Waals surface area contributed by atoms with E-state index in [1.807, 2.05) is 88.4 Å². The first kappa shape index (κ1) is 38.4. The maximum atomic E-state index is 14.8. The maximum Gasteiger partial charge on any atom is 0.264 e. The summed E-state index contributed by atoms with van der Waals surface area (Å²) in [5.41, 5.74) is 1.84. The number of rotatable bonds is 13. The number of nitrogens with one attached hydrogen (secondary N) is 1. The molecule has 5 aromatic carbocycles. The van der Waals surface area contributed by atoms with Crippen LogP contribution in [0.5, 0.6) is 11.5 Å². The number of hydrogen-bond acceptors (Lipinski definition) is 5. The fourth-order valence-corrected chi connectivity index (χ4v) is 7.39. The van der Waals surface area contributed by atoms with Crippen LogP contribution in [0.4, 0.5) is 5.69 Å². The van der Waals surface area contributed by atoms with Crippen LogP contribution in [0.25, 0.3) is 0 Å². The van der Waals surface area contributed by atoms with E-state index in [1.54, 1.807) is 54.6 Å². The Balaban J connectivity index is 1.59. The van der Waals surface area contributed by atoms with Gasteiger partial charge in [-0.1, -0.05) is 95.5 Å². The van der Waals surface area contributed by atoms with Gasteiger partial charge in [-0.25, -0.2) is 8.42 Å². The summed E-state index contributed by atoms with van der Waals surface area (Å²) in [5.74, 6) is 0.0836. The largest absolute Gasteiger partial charge is 0.457 e. The molecule has 0 radical (unpaired) electrons. The SMILES string of the molecule is Cc1ccc(S(=O)(=O)N(CC(=O)N(Cc2ccc(Cl)cc2Cl)C(Cc2ccccc2)C(=O)NC(C)(C)C)c2ccc(Oc3ccccc3)cc2)cc1. The standard InChI is InChI=1S/C41H41Cl2N3O5S/c1-29-15-23-36(24-16-29)52(49,50)46(33-19-21-35(22-20-33)51-34-13-9-6-10-14-34)28-39(47)45(27-31-17-18-32(42)26-37(31)43)38(40(48)44-41(2,3)4)25-30-11-7-5-8-12-30/h5-24,26,38H,25,27-28H2,1-4H3,(H,44,48). The molecule has 0 spiro atoms. The van der Waals surface area contributed by atoms with Gasteiger partial charge in [-0.15, -0.1) is 0 Å². The fourth-order valence-electron chi connectivity index (χ4n) is 5.51. The van der Waals surface area contributed by atoms with Gasteiger partial charge in [0, 0.05) is 28.5 Å². The summed E-state index contributed by atoms with van der Waals surface area (Å²) in [4.78, 5) is 30.3. The Morgan fingerprint density at radius 3 is 1.98 bits per heavy atom. The first-order valence-electron chi connectivity index (χ1n) is 16.7. The molecule has 0 bridgehead atoms. The van der Waals surface area contributed by atoms with Gasteiger partial charge in [-0.05, 0) is 99.5 Å². The minimum atomic E-state index is -4.29. The summed E-state index contributed by atoms with van der Waals surface area (Å²) in [6.45, 7) is 6.72. The van der Waals surface area contributed by atoms with Crippen LogP contribution in [-0.4, -0.2) is 43.3 Å². The number of anilines is 1. The highest BCUT2D eigenvalue weighted by Gasteiger charge is 2.36. The number of sulfonamides is 1. The molecule has 5 rings (SSSR count). The molecule has 270 valence electrons. The summed E-state index contributed by atoms with van der Waals surface area (Å²) in [6, 6.07) is 35.3. The van der Waals surface area contributed by atoms with E-state index in [1.165, 1.54) is 17.0 Å². The number of benzene rings is 5. The molecule has 0 fully saturated rings. The van der Waals surface area contributed by atoms with Crippen molar-refractivity contribution in [1.29, 1.82) is 0 Å². The van der Waals surface area contributed by atoms with Crippen LogP contribution in [-0.2, 0) is 32.6 Å². The van der Waals surface area contributed by atoms with Gasteiger partial charge in [-0.2, -0.15) is 0 Å². The Labute approximate surface area is 316 Å². The van der Waals surface area contributed by atoms with Crippen molar-refractivity contribution >= 4 is 50.7 Å². The van der Waals surface area contributed by atoms with Crippen molar-refractivity contribution in [3.63, 3.8) is 0 Å². The zero-order valence-corrected chi connectivity index (χ0v) is 31.8. The predicted molar refractivity (Wildman–Crippen MR) is 208 cm³/mol. The lowest BCUT2D eigenvalue weighted by Gasteiger charge is -2.35. The molecular formula is C41H41Cl2N3O5S. The summed E-state index contributed by atoms with van der Waals surface area (Å²) >= 11 is 12.8. The van der Waals surface area contributed by atoms with Crippen LogP contribution >= 0.6 is 23.2 Å². The van der Waals surface area contributed by atoms with E-state index in [9.17, 15) is 18.0 Å². The second kappa shape index (κ2) is 16.7. The molecule has 0 aliphatic carbocycles. The van der Waals surface area contributed by atoms with Crippen LogP contribution in [0, 0.1) is 6.92 Å². The Kier molecular flexibility index (Phi) is 12.3. The number of amides is 2. The smallest absolute Gasteiger partial charge is 0.264 e. The van der Waals surface area contributed by atoms with Crippen LogP contribution in [0.15, 0.2) is 132 Å². The predicted octanol–water partition coefficient (Wildman–Crippen LogP) is 8.84. The van der Waals surface area contributed by atoms with Crippen LogP contribution in [0.2, 0.25) is 10.0 Å². The highest BCUT2D eigenvalue weighted by molar-refractivity contribution is 7.92. The molecule has 5 aromatic rings. The number of para-hydroxylation sites is 1. The van der Waals surface area contributed by atoms with E-state index in [2.05, 4.69) is 5.32 Å². The van der Waals surface area contributed by atoms with Gasteiger partial charge in [0.1, 0.15) is 24.1 Å². The normalized spacial score (nSPS) is 12.1. The van der Waals surface area contributed by atoms with Crippen LogP contribution < -0.4 is 14.4 Å². The Hall–Kier alpha value is -4.83. The first-order chi connectivity index (χ1) is 24.7. The molecule has 52 heavy (non-hydrogen) atoms. The third-order valence-corrected chi connectivity index (χ3v) is 10.5. The van der Waals surface area contributed by atoms with Crippen molar-refractivity contribution in [1.82, 2.24) is 10.2 Å². The lowest BCUT2D eigenvalue weighted by molar-refractivity contribution is -0.140. The quantitative estimate of drug-likeness (QED) is 0.130. The minimum absolute atomic E-state index is 0.00844. The lowest BCUT2D eigenvalue weighted by atomic mass is 10.0. The molecule has 1 unspecified atom stereocenters. The maximum absolute atomic E-state index is 14.8. The van der Waals surface area contributed by atoms with Gasteiger partial charge in [-0.3, -0.25) is 13.9 Å². The monoisotopic (exact) mass is 757 g/mol. The molecule has 2 amide bonds. The number of ether oxygens (including phenoxy) is 1. The van der Waals surface area contributed by atoms with Gasteiger partial charge < -0.3 is 15.0 Å². The fraction of sp³-hybridized carbons (Fsp3) is 0.220. The van der Waals surface area contributed by atoms with Gasteiger partial charge in [0.05, 0.1) is 10.6 Å². The molecule has 11 heteroatoms. The zero-order valence-electron chi connectivity index (χ0n) is 29.4. The molecule has 0 aliphatic rings. The third-order valence-electron chi connectivity index (χ3n) is 8.12. The first-order valence-corrected chi connectivity index (χ1v) is 18.9. The third kappa shape index (κ3) is 10.2. The summed E-state index contributed by atoms with van der Waals surface area (Å²) in [7, 11) is -4.29. The number of carbonyl (C=O) groups excluding carboxylic acids is 2. The topological polar surface area (TPSA) is 96.0 Å². The van der Waals surface area contributed by atoms with Gasteiger partial charge in [0.15, 0.2) is 0 Å². The van der Waals surface area contributed by atoms with Gasteiger partial charge in [0.25, 0.3) is 10.0 Å². The Bertz CT molecular complexity index is 2090. The molecule has 0 aromatic heterocycles.